The minimum atomic E-state index is -1.24. The molecule has 2 heterocycles. The third-order valence-electron chi connectivity index (χ3n) is 3.66. The molecule has 1 fully saturated rings. The number of morpholine rings is 1. The van der Waals surface area contributed by atoms with Crippen LogP contribution in [-0.2, 0) is 11.3 Å². The van der Waals surface area contributed by atoms with Crippen LogP contribution >= 0.6 is 0 Å². The molecule has 2 aromatic rings. The van der Waals surface area contributed by atoms with E-state index in [2.05, 4.69) is 10.00 Å². The SMILES string of the molecule is O=C(O)c1ccc2c(CN3CCOCC3)nn(C(=O)O)c2c1. The number of benzene rings is 1. The molecule has 0 atom stereocenters. The van der Waals surface area contributed by atoms with Crippen molar-refractivity contribution < 1.29 is 24.5 Å². The highest BCUT2D eigenvalue weighted by Gasteiger charge is 2.19. The molecular weight excluding hydrogens is 290 g/mol. The Morgan fingerprint density at radius 1 is 1.23 bits per heavy atom. The van der Waals surface area contributed by atoms with Crippen molar-refractivity contribution in [2.24, 2.45) is 0 Å². The number of fused-ring (bicyclic) bond motifs is 1. The van der Waals surface area contributed by atoms with E-state index >= 15 is 0 Å². The third-order valence-corrected chi connectivity index (χ3v) is 3.66. The molecule has 2 N–H and O–H groups in total. The Balaban J connectivity index is 2.02. The van der Waals surface area contributed by atoms with Gasteiger partial charge in [-0.05, 0) is 18.2 Å². The fourth-order valence-electron chi connectivity index (χ4n) is 2.55. The standard InChI is InChI=1S/C14H15N3O5/c18-13(19)9-1-2-10-11(8-16-3-5-22-6-4-16)15-17(14(20)21)12(10)7-9/h1-2,7H,3-6,8H2,(H,18,19)(H,20,21). The second-order valence-corrected chi connectivity index (χ2v) is 5.07. The van der Waals surface area contributed by atoms with Crippen LogP contribution in [0, 0.1) is 0 Å². The predicted molar refractivity (Wildman–Crippen MR) is 76.2 cm³/mol. The molecule has 0 unspecified atom stereocenters. The number of carboxylic acids is 1. The summed E-state index contributed by atoms with van der Waals surface area (Å²) < 4.78 is 6.11. The van der Waals surface area contributed by atoms with Gasteiger partial charge in [0.05, 0.1) is 30.0 Å². The van der Waals surface area contributed by atoms with Crippen molar-refractivity contribution in [3.05, 3.63) is 29.5 Å². The minimum Gasteiger partial charge on any atom is -0.478 e. The van der Waals surface area contributed by atoms with E-state index in [4.69, 9.17) is 9.84 Å². The second kappa shape index (κ2) is 5.74. The quantitative estimate of drug-likeness (QED) is 0.874. The maximum absolute atomic E-state index is 11.3. The van der Waals surface area contributed by atoms with Crippen LogP contribution in [0.15, 0.2) is 18.2 Å². The fourth-order valence-corrected chi connectivity index (χ4v) is 2.55. The molecule has 1 saturated heterocycles. The van der Waals surface area contributed by atoms with E-state index < -0.39 is 12.1 Å². The summed E-state index contributed by atoms with van der Waals surface area (Å²) in [6.07, 6.45) is -1.24. The van der Waals surface area contributed by atoms with Gasteiger partial charge in [-0.15, -0.1) is 0 Å². The summed E-state index contributed by atoms with van der Waals surface area (Å²) in [4.78, 5) is 24.5. The van der Waals surface area contributed by atoms with Gasteiger partial charge in [0.15, 0.2) is 0 Å². The molecule has 0 spiro atoms. The molecule has 3 rings (SSSR count). The first kappa shape index (κ1) is 14.5. The van der Waals surface area contributed by atoms with Gasteiger partial charge in [0, 0.05) is 25.0 Å². The number of nitrogens with zero attached hydrogens (tertiary/aromatic N) is 3. The van der Waals surface area contributed by atoms with Gasteiger partial charge >= 0.3 is 12.1 Å². The van der Waals surface area contributed by atoms with Crippen molar-refractivity contribution in [2.45, 2.75) is 6.54 Å². The zero-order valence-electron chi connectivity index (χ0n) is 11.7. The largest absolute Gasteiger partial charge is 0.478 e. The van der Waals surface area contributed by atoms with Crippen molar-refractivity contribution in [1.29, 1.82) is 0 Å². The van der Waals surface area contributed by atoms with Crippen LogP contribution in [-0.4, -0.2) is 63.3 Å². The van der Waals surface area contributed by atoms with Crippen LogP contribution in [0.2, 0.25) is 0 Å². The predicted octanol–water partition coefficient (Wildman–Crippen LogP) is 1.09. The summed E-state index contributed by atoms with van der Waals surface area (Å²) in [6, 6.07) is 4.41. The first-order valence-electron chi connectivity index (χ1n) is 6.84. The van der Waals surface area contributed by atoms with Gasteiger partial charge in [0.2, 0.25) is 0 Å². The van der Waals surface area contributed by atoms with E-state index in [9.17, 15) is 14.7 Å². The van der Waals surface area contributed by atoms with Crippen molar-refractivity contribution in [1.82, 2.24) is 14.7 Å². The number of carbonyl (C=O) groups is 2. The average molecular weight is 305 g/mol. The molecule has 116 valence electrons. The van der Waals surface area contributed by atoms with Crippen LogP contribution in [0.1, 0.15) is 16.1 Å². The van der Waals surface area contributed by atoms with Crippen LogP contribution in [0.5, 0.6) is 0 Å². The number of hydrogen-bond donors (Lipinski definition) is 2. The van der Waals surface area contributed by atoms with Crippen LogP contribution in [0.25, 0.3) is 10.9 Å². The number of hydrogen-bond acceptors (Lipinski definition) is 5. The molecule has 22 heavy (non-hydrogen) atoms. The van der Waals surface area contributed by atoms with Gasteiger partial charge in [-0.3, -0.25) is 4.90 Å². The summed E-state index contributed by atoms with van der Waals surface area (Å²) >= 11 is 0. The molecule has 0 amide bonds. The van der Waals surface area contributed by atoms with Crippen LogP contribution in [0.3, 0.4) is 0 Å². The zero-order chi connectivity index (χ0) is 15.7. The summed E-state index contributed by atoms with van der Waals surface area (Å²) in [5, 5.41) is 23.1. The Labute approximate surface area is 125 Å². The highest BCUT2D eigenvalue weighted by Crippen LogP contribution is 2.22. The van der Waals surface area contributed by atoms with Crippen LogP contribution < -0.4 is 0 Å². The van der Waals surface area contributed by atoms with Gasteiger partial charge in [-0.2, -0.15) is 9.78 Å². The summed E-state index contributed by atoms with van der Waals surface area (Å²) in [5.74, 6) is -1.10. The maximum Gasteiger partial charge on any atom is 0.432 e. The first-order valence-corrected chi connectivity index (χ1v) is 6.84. The Bertz CT molecular complexity index is 733. The maximum atomic E-state index is 11.3. The zero-order valence-corrected chi connectivity index (χ0v) is 11.7. The lowest BCUT2D eigenvalue weighted by Gasteiger charge is -2.25. The van der Waals surface area contributed by atoms with Gasteiger partial charge < -0.3 is 14.9 Å². The number of aromatic carboxylic acids is 1. The van der Waals surface area contributed by atoms with Crippen molar-refractivity contribution in [2.75, 3.05) is 26.3 Å². The monoisotopic (exact) mass is 305 g/mol. The first-order chi connectivity index (χ1) is 10.6. The van der Waals surface area contributed by atoms with Gasteiger partial charge in [-0.1, -0.05) is 0 Å². The molecule has 1 aromatic heterocycles. The Hall–Kier alpha value is -2.45. The lowest BCUT2D eigenvalue weighted by Crippen LogP contribution is -2.35. The highest BCUT2D eigenvalue weighted by molar-refractivity contribution is 5.96. The fraction of sp³-hybridized carbons (Fsp3) is 0.357. The molecule has 1 aliphatic heterocycles. The van der Waals surface area contributed by atoms with Gasteiger partial charge in [-0.25, -0.2) is 9.59 Å². The normalized spacial score (nSPS) is 16.0. The molecule has 0 radical (unpaired) electrons. The molecule has 0 saturated carbocycles. The molecule has 8 heteroatoms. The lowest BCUT2D eigenvalue weighted by atomic mass is 10.1. The summed E-state index contributed by atoms with van der Waals surface area (Å²) in [7, 11) is 0. The third kappa shape index (κ3) is 2.66. The van der Waals surface area contributed by atoms with Gasteiger partial charge in [0.1, 0.15) is 0 Å². The van der Waals surface area contributed by atoms with E-state index in [0.29, 0.717) is 30.8 Å². The molecule has 0 bridgehead atoms. The Kier molecular flexibility index (Phi) is 3.78. The number of carboxylic acid groups (broad SMARTS) is 2. The van der Waals surface area contributed by atoms with E-state index in [1.165, 1.54) is 12.1 Å². The van der Waals surface area contributed by atoms with Crippen molar-refractivity contribution in [3.63, 3.8) is 0 Å². The molecule has 1 aromatic carbocycles. The molecule has 0 aliphatic carbocycles. The van der Waals surface area contributed by atoms with E-state index in [-0.39, 0.29) is 11.1 Å². The second-order valence-electron chi connectivity index (χ2n) is 5.07. The highest BCUT2D eigenvalue weighted by atomic mass is 16.5. The summed E-state index contributed by atoms with van der Waals surface area (Å²) in [5.41, 5.74) is 0.944. The van der Waals surface area contributed by atoms with Crippen molar-refractivity contribution >= 4 is 23.0 Å². The average Bonchev–Trinajstić information content (AvgIpc) is 2.86. The molecular formula is C14H15N3O5. The number of aromatic nitrogens is 2. The molecule has 1 aliphatic rings. The molecule has 8 nitrogen and oxygen atoms in total. The van der Waals surface area contributed by atoms with E-state index in [1.54, 1.807) is 6.07 Å². The van der Waals surface area contributed by atoms with Gasteiger partial charge in [0.25, 0.3) is 0 Å². The van der Waals surface area contributed by atoms with Crippen molar-refractivity contribution in [3.8, 4) is 0 Å². The smallest absolute Gasteiger partial charge is 0.432 e. The Morgan fingerprint density at radius 2 is 1.95 bits per heavy atom. The topological polar surface area (TPSA) is 105 Å². The Morgan fingerprint density at radius 3 is 2.59 bits per heavy atom. The number of rotatable bonds is 3. The van der Waals surface area contributed by atoms with Crippen LogP contribution in [0.4, 0.5) is 4.79 Å². The number of ether oxygens (including phenoxy) is 1. The van der Waals surface area contributed by atoms with E-state index in [1.807, 2.05) is 0 Å². The minimum absolute atomic E-state index is 0.0350. The summed E-state index contributed by atoms with van der Waals surface area (Å²) in [6.45, 7) is 3.30. The van der Waals surface area contributed by atoms with E-state index in [0.717, 1.165) is 17.8 Å². The lowest BCUT2D eigenvalue weighted by molar-refractivity contribution is 0.0337.